The van der Waals surface area contributed by atoms with E-state index in [0.29, 0.717) is 24.1 Å². The summed E-state index contributed by atoms with van der Waals surface area (Å²) in [7, 11) is 1.57. The molecule has 1 heterocycles. The topological polar surface area (TPSA) is 100 Å². The largest absolute Gasteiger partial charge is 0.396 e. The summed E-state index contributed by atoms with van der Waals surface area (Å²) < 4.78 is 27.9. The van der Waals surface area contributed by atoms with Gasteiger partial charge in [0.1, 0.15) is 5.69 Å². The molecule has 0 saturated carbocycles. The first-order valence-corrected chi connectivity index (χ1v) is 9.04. The molecule has 29 heavy (non-hydrogen) atoms. The number of aliphatic hydroxyl groups excluding tert-OH is 1. The molecule has 2 aromatic rings. The lowest BCUT2D eigenvalue weighted by atomic mass is 10.0. The van der Waals surface area contributed by atoms with Crippen molar-refractivity contribution in [3.63, 3.8) is 0 Å². The lowest BCUT2D eigenvalue weighted by molar-refractivity contribution is -0.117. The SMILES string of the molecule is Cc1c(C(=O)C(=O)NCCCCO)c(C)n(C)c1C(=O)Nc1ccc(F)c(F)c1. The molecule has 3 N–H and O–H groups in total. The smallest absolute Gasteiger partial charge is 0.292 e. The van der Waals surface area contributed by atoms with Gasteiger partial charge in [-0.05, 0) is 44.4 Å². The first-order valence-electron chi connectivity index (χ1n) is 9.04. The maximum atomic E-state index is 13.4. The molecule has 0 aliphatic rings. The van der Waals surface area contributed by atoms with Crippen molar-refractivity contribution in [1.82, 2.24) is 9.88 Å². The number of carbonyl (C=O) groups is 3. The summed E-state index contributed by atoms with van der Waals surface area (Å²) in [6, 6.07) is 2.96. The molecule has 0 fully saturated rings. The zero-order chi connectivity index (χ0) is 21.7. The molecular formula is C20H23F2N3O4. The predicted molar refractivity (Wildman–Crippen MR) is 103 cm³/mol. The zero-order valence-corrected chi connectivity index (χ0v) is 16.4. The van der Waals surface area contributed by atoms with Crippen LogP contribution in [0.5, 0.6) is 0 Å². The number of Topliss-reactive ketones (excluding diaryl/α,β-unsaturated/α-hetero) is 1. The molecule has 0 aliphatic carbocycles. The number of unbranched alkanes of at least 4 members (excludes halogenated alkanes) is 1. The van der Waals surface area contributed by atoms with Crippen LogP contribution in [0.15, 0.2) is 18.2 Å². The molecule has 1 aromatic heterocycles. The van der Waals surface area contributed by atoms with Gasteiger partial charge in [-0.2, -0.15) is 0 Å². The second-order valence-corrected chi connectivity index (χ2v) is 6.59. The van der Waals surface area contributed by atoms with Crippen LogP contribution in [0, 0.1) is 25.5 Å². The van der Waals surface area contributed by atoms with Crippen LogP contribution in [-0.4, -0.2) is 40.4 Å². The molecule has 1 aromatic carbocycles. The van der Waals surface area contributed by atoms with Crippen LogP contribution in [0.4, 0.5) is 14.5 Å². The van der Waals surface area contributed by atoms with Crippen molar-refractivity contribution >= 4 is 23.3 Å². The Morgan fingerprint density at radius 2 is 1.79 bits per heavy atom. The average Bonchev–Trinajstić information content (AvgIpc) is 2.90. The molecule has 0 saturated heterocycles. The number of hydrogen-bond donors (Lipinski definition) is 3. The highest BCUT2D eigenvalue weighted by molar-refractivity contribution is 6.43. The van der Waals surface area contributed by atoms with Gasteiger partial charge in [0.2, 0.25) is 0 Å². The van der Waals surface area contributed by atoms with Crippen molar-refractivity contribution < 1.29 is 28.3 Å². The fourth-order valence-corrected chi connectivity index (χ4v) is 3.03. The summed E-state index contributed by atoms with van der Waals surface area (Å²) in [6.45, 7) is 3.39. The molecule has 7 nitrogen and oxygen atoms in total. The Balaban J connectivity index is 2.24. The average molecular weight is 407 g/mol. The monoisotopic (exact) mass is 407 g/mol. The van der Waals surface area contributed by atoms with Crippen LogP contribution < -0.4 is 10.6 Å². The van der Waals surface area contributed by atoms with E-state index in [1.165, 1.54) is 10.6 Å². The highest BCUT2D eigenvalue weighted by atomic mass is 19.2. The lowest BCUT2D eigenvalue weighted by Gasteiger charge is -2.08. The summed E-state index contributed by atoms with van der Waals surface area (Å²) in [5.41, 5.74) is 1.03. The van der Waals surface area contributed by atoms with Crippen molar-refractivity contribution in [1.29, 1.82) is 0 Å². The molecule has 156 valence electrons. The van der Waals surface area contributed by atoms with Crippen LogP contribution in [0.25, 0.3) is 0 Å². The number of nitrogens with zero attached hydrogens (tertiary/aromatic N) is 1. The van der Waals surface area contributed by atoms with E-state index in [9.17, 15) is 23.2 Å². The van der Waals surface area contributed by atoms with Gasteiger partial charge in [-0.25, -0.2) is 8.78 Å². The summed E-state index contributed by atoms with van der Waals surface area (Å²) in [5, 5.41) is 13.7. The van der Waals surface area contributed by atoms with Gasteiger partial charge in [-0.15, -0.1) is 0 Å². The van der Waals surface area contributed by atoms with Gasteiger partial charge in [0, 0.05) is 37.6 Å². The lowest BCUT2D eigenvalue weighted by Crippen LogP contribution is -2.32. The number of benzene rings is 1. The minimum absolute atomic E-state index is 0.00283. The van der Waals surface area contributed by atoms with Crippen molar-refractivity contribution in [2.75, 3.05) is 18.5 Å². The Labute approximate surface area is 166 Å². The Morgan fingerprint density at radius 3 is 2.41 bits per heavy atom. The third kappa shape index (κ3) is 4.86. The number of rotatable bonds is 8. The van der Waals surface area contributed by atoms with E-state index >= 15 is 0 Å². The van der Waals surface area contributed by atoms with Crippen LogP contribution in [0.3, 0.4) is 0 Å². The number of carbonyl (C=O) groups excluding carboxylic acids is 3. The van der Waals surface area contributed by atoms with E-state index in [1.54, 1.807) is 20.9 Å². The molecule has 2 amide bonds. The Bertz CT molecular complexity index is 954. The van der Waals surface area contributed by atoms with Gasteiger partial charge in [-0.3, -0.25) is 14.4 Å². The third-order valence-electron chi connectivity index (χ3n) is 4.63. The van der Waals surface area contributed by atoms with Gasteiger partial charge in [0.15, 0.2) is 11.6 Å². The Kier molecular flexibility index (Phi) is 7.22. The van der Waals surface area contributed by atoms with E-state index in [-0.39, 0.29) is 30.1 Å². The van der Waals surface area contributed by atoms with E-state index in [0.717, 1.165) is 12.1 Å². The minimum Gasteiger partial charge on any atom is -0.396 e. The fraction of sp³-hybridized carbons (Fsp3) is 0.350. The molecular weight excluding hydrogens is 384 g/mol. The second kappa shape index (κ2) is 9.42. The summed E-state index contributed by atoms with van der Waals surface area (Å²) >= 11 is 0. The van der Waals surface area contributed by atoms with E-state index < -0.39 is 29.2 Å². The molecule has 0 atom stereocenters. The standard InChI is InChI=1S/C20H23F2N3O4/c1-11-16(18(27)20(29)23-8-4-5-9-26)12(2)25(3)17(11)19(28)24-13-6-7-14(21)15(22)10-13/h6-7,10,26H,4-5,8-9H2,1-3H3,(H,23,29)(H,24,28). The van der Waals surface area contributed by atoms with Gasteiger partial charge in [0.05, 0.1) is 5.56 Å². The van der Waals surface area contributed by atoms with Crippen LogP contribution in [0.2, 0.25) is 0 Å². The Hall–Kier alpha value is -3.07. The highest BCUT2D eigenvalue weighted by Gasteiger charge is 2.28. The molecule has 9 heteroatoms. The molecule has 0 spiro atoms. The number of amides is 2. The first kappa shape index (κ1) is 22.2. The van der Waals surface area contributed by atoms with Gasteiger partial charge in [-0.1, -0.05) is 0 Å². The van der Waals surface area contributed by atoms with Crippen molar-refractivity contribution in [2.24, 2.45) is 7.05 Å². The van der Waals surface area contributed by atoms with Gasteiger partial charge in [0.25, 0.3) is 17.6 Å². The molecule has 2 rings (SSSR count). The van der Waals surface area contributed by atoms with E-state index in [4.69, 9.17) is 5.11 Å². The zero-order valence-electron chi connectivity index (χ0n) is 16.4. The first-order chi connectivity index (χ1) is 13.7. The quantitative estimate of drug-likeness (QED) is 0.355. The van der Waals surface area contributed by atoms with Crippen molar-refractivity contribution in [3.8, 4) is 0 Å². The van der Waals surface area contributed by atoms with Gasteiger partial charge < -0.3 is 20.3 Å². The third-order valence-corrected chi connectivity index (χ3v) is 4.63. The van der Waals surface area contributed by atoms with Crippen molar-refractivity contribution in [2.45, 2.75) is 26.7 Å². The fourth-order valence-electron chi connectivity index (χ4n) is 3.03. The maximum absolute atomic E-state index is 13.4. The summed E-state index contributed by atoms with van der Waals surface area (Å²) in [6.07, 6.45) is 1.04. The second-order valence-electron chi connectivity index (χ2n) is 6.59. The molecule has 0 aliphatic heterocycles. The number of ketones is 1. The molecule has 0 radical (unpaired) electrons. The van der Waals surface area contributed by atoms with E-state index in [2.05, 4.69) is 10.6 Å². The van der Waals surface area contributed by atoms with Crippen LogP contribution in [0.1, 0.15) is 44.9 Å². The molecule has 0 unspecified atom stereocenters. The van der Waals surface area contributed by atoms with Crippen LogP contribution >= 0.6 is 0 Å². The number of hydrogen-bond acceptors (Lipinski definition) is 4. The summed E-state index contributed by atoms with van der Waals surface area (Å²) in [4.78, 5) is 37.4. The van der Waals surface area contributed by atoms with Crippen LogP contribution in [-0.2, 0) is 11.8 Å². The van der Waals surface area contributed by atoms with Gasteiger partial charge >= 0.3 is 0 Å². The maximum Gasteiger partial charge on any atom is 0.292 e. The number of nitrogens with one attached hydrogen (secondary N) is 2. The normalized spacial score (nSPS) is 10.7. The van der Waals surface area contributed by atoms with Crippen molar-refractivity contribution in [3.05, 3.63) is 52.3 Å². The van der Waals surface area contributed by atoms with E-state index in [1.807, 2.05) is 0 Å². The number of halogens is 2. The summed E-state index contributed by atoms with van der Waals surface area (Å²) in [5.74, 6) is -4.33. The predicted octanol–water partition coefficient (Wildman–Crippen LogP) is 2.24. The number of aliphatic hydroxyl groups is 1. The number of anilines is 1. The Morgan fingerprint density at radius 1 is 1.10 bits per heavy atom. The molecule has 0 bridgehead atoms. The number of aromatic nitrogens is 1. The highest BCUT2D eigenvalue weighted by Crippen LogP contribution is 2.23. The minimum atomic E-state index is -1.10.